The van der Waals surface area contributed by atoms with E-state index in [0.29, 0.717) is 0 Å². The van der Waals surface area contributed by atoms with Crippen molar-refractivity contribution in [3.8, 4) is 0 Å². The molecule has 0 saturated carbocycles. The zero-order chi connectivity index (χ0) is 4.28. The molecule has 0 aliphatic heterocycles. The van der Waals surface area contributed by atoms with Gasteiger partial charge in [0.25, 0.3) is 0 Å². The second-order valence-electron chi connectivity index (χ2n) is 0.443. The van der Waals surface area contributed by atoms with Gasteiger partial charge >= 0.3 is 0 Å². The molecule has 0 spiro atoms. The first-order valence-electron chi connectivity index (χ1n) is 0.993. The van der Waals surface area contributed by atoms with Crippen LogP contribution in [0.2, 0.25) is 0 Å². The molecule has 30 valence electrons. The second-order valence-corrected chi connectivity index (χ2v) is 1.33. The van der Waals surface area contributed by atoms with E-state index in [4.69, 9.17) is 4.55 Å². The first kappa shape index (κ1) is 4.85. The molecular formula is C2H4O2S. The highest BCUT2D eigenvalue weighted by Crippen LogP contribution is 1.64. The summed E-state index contributed by atoms with van der Waals surface area (Å²) in [4.78, 5) is 0. The zero-order valence-electron chi connectivity index (χ0n) is 2.55. The van der Waals surface area contributed by atoms with Gasteiger partial charge in [0, 0.05) is 5.41 Å². The van der Waals surface area contributed by atoms with Crippen LogP contribution < -0.4 is 0 Å². The van der Waals surface area contributed by atoms with E-state index < -0.39 is 11.1 Å². The van der Waals surface area contributed by atoms with Gasteiger partial charge in [0.1, 0.15) is 0 Å². The molecule has 5 heavy (non-hydrogen) atoms. The Morgan fingerprint density at radius 2 is 2.20 bits per heavy atom. The van der Waals surface area contributed by atoms with Gasteiger partial charge in [-0.3, -0.25) is 0 Å². The van der Waals surface area contributed by atoms with Crippen molar-refractivity contribution in [2.75, 3.05) is 0 Å². The Kier molecular flexibility index (Phi) is 2.05. The Bertz CT molecular complexity index is 58.7. The summed E-state index contributed by atoms with van der Waals surface area (Å²) in [6, 6.07) is 0. The number of hydrogen-bond acceptors (Lipinski definition) is 1. The summed E-state index contributed by atoms with van der Waals surface area (Å²) < 4.78 is 17.1. The largest absolute Gasteiger partial charge is 0.303 e. The first-order chi connectivity index (χ1) is 2.27. The van der Waals surface area contributed by atoms with E-state index in [9.17, 15) is 4.21 Å². The predicted octanol–water partition coefficient (Wildman–Crippen LogP) is 0.352. The highest BCUT2D eigenvalue weighted by molar-refractivity contribution is 7.82. The fourth-order valence-electron chi connectivity index (χ4n) is 0. The van der Waals surface area contributed by atoms with Crippen LogP contribution in [-0.4, -0.2) is 8.76 Å². The smallest absolute Gasteiger partial charge is 0.178 e. The Balaban J connectivity index is 3.20. The maximum Gasteiger partial charge on any atom is 0.178 e. The highest BCUT2D eigenvalue weighted by Gasteiger charge is 1.68. The first-order valence-corrected chi connectivity index (χ1v) is 2.16. The van der Waals surface area contributed by atoms with Crippen molar-refractivity contribution in [3.05, 3.63) is 12.0 Å². The van der Waals surface area contributed by atoms with Gasteiger partial charge in [-0.2, -0.15) is 0 Å². The molecule has 0 fully saturated rings. The predicted molar refractivity (Wildman–Crippen MR) is 21.0 cm³/mol. The monoisotopic (exact) mass is 92.0 g/mol. The van der Waals surface area contributed by atoms with Crippen LogP contribution in [0.1, 0.15) is 0 Å². The van der Waals surface area contributed by atoms with E-state index >= 15 is 0 Å². The molecule has 0 bridgehead atoms. The van der Waals surface area contributed by atoms with Crippen LogP contribution in [0.4, 0.5) is 0 Å². The van der Waals surface area contributed by atoms with Crippen LogP contribution in [0, 0.1) is 0 Å². The van der Waals surface area contributed by atoms with Crippen molar-refractivity contribution < 1.29 is 8.76 Å². The summed E-state index contributed by atoms with van der Waals surface area (Å²) >= 11 is -1.81. The van der Waals surface area contributed by atoms with Gasteiger partial charge < -0.3 is 4.55 Å². The van der Waals surface area contributed by atoms with Crippen molar-refractivity contribution in [2.24, 2.45) is 0 Å². The number of hydrogen-bond donors (Lipinski definition) is 1. The summed E-state index contributed by atoms with van der Waals surface area (Å²) in [5.41, 5.74) is 0. The van der Waals surface area contributed by atoms with Gasteiger partial charge in [-0.25, -0.2) is 4.21 Å². The Morgan fingerprint density at radius 3 is 2.20 bits per heavy atom. The lowest BCUT2D eigenvalue weighted by molar-refractivity contribution is 0.574. The molecule has 0 amide bonds. The van der Waals surface area contributed by atoms with Gasteiger partial charge in [0.2, 0.25) is 0 Å². The fourth-order valence-corrected chi connectivity index (χ4v) is 0. The minimum atomic E-state index is -1.81. The van der Waals surface area contributed by atoms with E-state index in [2.05, 4.69) is 6.58 Å². The SMILES string of the molecule is C=CS(=O)O. The summed E-state index contributed by atoms with van der Waals surface area (Å²) in [5.74, 6) is 0. The van der Waals surface area contributed by atoms with Gasteiger partial charge in [0.05, 0.1) is 0 Å². The Labute approximate surface area is 32.8 Å². The van der Waals surface area contributed by atoms with Crippen LogP contribution in [0.25, 0.3) is 0 Å². The van der Waals surface area contributed by atoms with E-state index in [1.54, 1.807) is 0 Å². The molecule has 1 unspecified atom stereocenters. The lowest BCUT2D eigenvalue weighted by Gasteiger charge is -1.65. The van der Waals surface area contributed by atoms with Crippen molar-refractivity contribution >= 4 is 11.1 Å². The average Bonchev–Trinajstić information content (AvgIpc) is 1.38. The van der Waals surface area contributed by atoms with E-state index in [-0.39, 0.29) is 0 Å². The molecule has 0 rings (SSSR count). The molecule has 0 aliphatic rings. The number of rotatable bonds is 1. The molecule has 0 aromatic rings. The van der Waals surface area contributed by atoms with Crippen LogP contribution in [0.5, 0.6) is 0 Å². The summed E-state index contributed by atoms with van der Waals surface area (Å²) in [6.07, 6.45) is 0. The summed E-state index contributed by atoms with van der Waals surface area (Å²) in [7, 11) is 0. The van der Waals surface area contributed by atoms with E-state index in [1.807, 2.05) is 0 Å². The minimum Gasteiger partial charge on any atom is -0.303 e. The van der Waals surface area contributed by atoms with Crippen LogP contribution in [-0.2, 0) is 11.1 Å². The maximum absolute atomic E-state index is 9.36. The molecule has 1 N–H and O–H groups in total. The Morgan fingerprint density at radius 1 is 2.00 bits per heavy atom. The van der Waals surface area contributed by atoms with Crippen molar-refractivity contribution in [2.45, 2.75) is 0 Å². The maximum atomic E-state index is 9.36. The van der Waals surface area contributed by atoms with Gasteiger partial charge in [-0.1, -0.05) is 6.58 Å². The summed E-state index contributed by atoms with van der Waals surface area (Å²) in [6.45, 7) is 3.01. The van der Waals surface area contributed by atoms with Crippen molar-refractivity contribution in [1.82, 2.24) is 0 Å². The molecule has 0 saturated heterocycles. The van der Waals surface area contributed by atoms with Gasteiger partial charge in [0.15, 0.2) is 11.1 Å². The molecule has 1 atom stereocenters. The molecule has 0 radical (unpaired) electrons. The van der Waals surface area contributed by atoms with E-state index in [1.165, 1.54) is 0 Å². The molecular weight excluding hydrogens is 88.1 g/mol. The third-order valence-electron chi connectivity index (χ3n) is 0.143. The van der Waals surface area contributed by atoms with Gasteiger partial charge in [-0.15, -0.1) is 0 Å². The standard InChI is InChI=1S/C2H4O2S/c1-2-5(3)4/h2H,1H2,(H,3,4). The highest BCUT2D eigenvalue weighted by atomic mass is 32.2. The molecule has 0 heterocycles. The average molecular weight is 92.1 g/mol. The third-order valence-corrected chi connectivity index (χ3v) is 0.428. The van der Waals surface area contributed by atoms with Gasteiger partial charge in [-0.05, 0) is 0 Å². The topological polar surface area (TPSA) is 37.3 Å². The summed E-state index contributed by atoms with van der Waals surface area (Å²) in [5, 5.41) is 0.944. The van der Waals surface area contributed by atoms with E-state index in [0.717, 1.165) is 5.41 Å². The molecule has 3 heteroatoms. The van der Waals surface area contributed by atoms with Crippen LogP contribution >= 0.6 is 0 Å². The molecule has 0 aliphatic carbocycles. The lowest BCUT2D eigenvalue weighted by Crippen LogP contribution is -1.70. The van der Waals surface area contributed by atoms with Crippen LogP contribution in [0.3, 0.4) is 0 Å². The van der Waals surface area contributed by atoms with Crippen molar-refractivity contribution in [3.63, 3.8) is 0 Å². The van der Waals surface area contributed by atoms with Crippen molar-refractivity contribution in [1.29, 1.82) is 0 Å². The lowest BCUT2D eigenvalue weighted by atomic mass is 11.3. The Hall–Kier alpha value is -0.150. The molecule has 0 aromatic carbocycles. The van der Waals surface area contributed by atoms with Crippen LogP contribution in [0.15, 0.2) is 12.0 Å². The molecule has 0 aromatic heterocycles. The second kappa shape index (κ2) is 2.11. The normalized spacial score (nSPS) is 13.8. The quantitative estimate of drug-likeness (QED) is 0.474. The molecule has 2 nitrogen and oxygen atoms in total. The minimum absolute atomic E-state index is 0.944. The fraction of sp³-hybridized carbons (Fsp3) is 0. The zero-order valence-corrected chi connectivity index (χ0v) is 3.36. The third kappa shape index (κ3) is 3.85.